The SMILES string of the molecule is CC1CCCC(Nc2cccc(Cl)c2C(=O)O)C1. The van der Waals surface area contributed by atoms with E-state index in [4.69, 9.17) is 11.6 Å². The third-order valence-corrected chi connectivity index (χ3v) is 3.84. The van der Waals surface area contributed by atoms with Gasteiger partial charge in [-0.3, -0.25) is 0 Å². The predicted octanol–water partition coefficient (Wildman–Crippen LogP) is 4.03. The van der Waals surface area contributed by atoms with E-state index in [1.807, 2.05) is 0 Å². The molecule has 0 saturated heterocycles. The van der Waals surface area contributed by atoms with Crippen molar-refractivity contribution in [1.82, 2.24) is 0 Å². The number of carboxylic acid groups (broad SMARTS) is 1. The molecule has 1 fully saturated rings. The zero-order valence-electron chi connectivity index (χ0n) is 10.4. The Bertz CT molecular complexity index is 447. The summed E-state index contributed by atoms with van der Waals surface area (Å²) >= 11 is 5.95. The van der Waals surface area contributed by atoms with Gasteiger partial charge in [0.2, 0.25) is 0 Å². The lowest BCUT2D eigenvalue weighted by Crippen LogP contribution is -2.27. The summed E-state index contributed by atoms with van der Waals surface area (Å²) in [6.07, 6.45) is 4.64. The first-order chi connectivity index (χ1) is 8.58. The minimum absolute atomic E-state index is 0.178. The van der Waals surface area contributed by atoms with Crippen molar-refractivity contribution in [2.24, 2.45) is 5.92 Å². The number of aromatic carboxylic acids is 1. The van der Waals surface area contributed by atoms with Crippen LogP contribution in [-0.4, -0.2) is 17.1 Å². The van der Waals surface area contributed by atoms with Crippen molar-refractivity contribution >= 4 is 23.3 Å². The van der Waals surface area contributed by atoms with Gasteiger partial charge in [-0.15, -0.1) is 0 Å². The number of hydrogen-bond acceptors (Lipinski definition) is 2. The minimum atomic E-state index is -0.980. The lowest BCUT2D eigenvalue weighted by Gasteiger charge is -2.28. The second kappa shape index (κ2) is 5.61. The third-order valence-electron chi connectivity index (χ3n) is 3.52. The van der Waals surface area contributed by atoms with Gasteiger partial charge in [-0.2, -0.15) is 0 Å². The van der Waals surface area contributed by atoms with Crippen molar-refractivity contribution in [1.29, 1.82) is 0 Å². The number of rotatable bonds is 3. The maximum atomic E-state index is 11.2. The van der Waals surface area contributed by atoms with E-state index in [0.29, 0.717) is 17.6 Å². The molecule has 0 radical (unpaired) electrons. The summed E-state index contributed by atoms with van der Waals surface area (Å²) in [5.41, 5.74) is 0.812. The normalized spacial score (nSPS) is 23.7. The fourth-order valence-electron chi connectivity index (χ4n) is 2.65. The molecule has 1 aliphatic rings. The maximum absolute atomic E-state index is 11.2. The summed E-state index contributed by atoms with van der Waals surface area (Å²) in [6.45, 7) is 2.24. The second-order valence-corrected chi connectivity index (χ2v) is 5.49. The topological polar surface area (TPSA) is 49.3 Å². The van der Waals surface area contributed by atoms with Gasteiger partial charge in [0.25, 0.3) is 0 Å². The van der Waals surface area contributed by atoms with Crippen molar-refractivity contribution < 1.29 is 9.90 Å². The summed E-state index contributed by atoms with van der Waals surface area (Å²) < 4.78 is 0. The van der Waals surface area contributed by atoms with Crippen molar-refractivity contribution in [2.45, 2.75) is 38.6 Å². The van der Waals surface area contributed by atoms with Crippen molar-refractivity contribution in [2.75, 3.05) is 5.32 Å². The largest absolute Gasteiger partial charge is 0.478 e. The molecule has 0 aromatic heterocycles. The summed E-state index contributed by atoms with van der Waals surface area (Å²) in [5, 5.41) is 12.8. The third kappa shape index (κ3) is 2.96. The Labute approximate surface area is 112 Å². The zero-order chi connectivity index (χ0) is 13.1. The molecule has 0 spiro atoms. The molecule has 1 saturated carbocycles. The van der Waals surface area contributed by atoms with Crippen LogP contribution in [0.1, 0.15) is 43.0 Å². The summed E-state index contributed by atoms with van der Waals surface area (Å²) in [7, 11) is 0. The summed E-state index contributed by atoms with van der Waals surface area (Å²) in [4.78, 5) is 11.2. The van der Waals surface area contributed by atoms with Crippen molar-refractivity contribution in [3.8, 4) is 0 Å². The van der Waals surface area contributed by atoms with Crippen molar-refractivity contribution in [3.63, 3.8) is 0 Å². The molecule has 2 unspecified atom stereocenters. The highest BCUT2D eigenvalue weighted by molar-refractivity contribution is 6.34. The van der Waals surface area contributed by atoms with Gasteiger partial charge in [0, 0.05) is 6.04 Å². The zero-order valence-corrected chi connectivity index (χ0v) is 11.2. The average Bonchev–Trinajstić information content (AvgIpc) is 2.28. The Hall–Kier alpha value is -1.22. The van der Waals surface area contributed by atoms with Crippen LogP contribution in [0.25, 0.3) is 0 Å². The Balaban J connectivity index is 2.18. The lowest BCUT2D eigenvalue weighted by atomic mass is 9.87. The highest BCUT2D eigenvalue weighted by atomic mass is 35.5. The Morgan fingerprint density at radius 3 is 2.89 bits per heavy atom. The molecule has 2 atom stereocenters. The van der Waals surface area contributed by atoms with E-state index in [2.05, 4.69) is 12.2 Å². The number of hydrogen-bond donors (Lipinski definition) is 2. The molecule has 2 rings (SSSR count). The molecule has 1 aromatic carbocycles. The predicted molar refractivity (Wildman–Crippen MR) is 73.5 cm³/mol. The van der Waals surface area contributed by atoms with E-state index in [9.17, 15) is 9.90 Å². The van der Waals surface area contributed by atoms with Crippen LogP contribution in [0.2, 0.25) is 5.02 Å². The summed E-state index contributed by atoms with van der Waals surface area (Å²) in [5.74, 6) is -0.282. The monoisotopic (exact) mass is 267 g/mol. The van der Waals surface area contributed by atoms with Gasteiger partial charge in [0.1, 0.15) is 5.56 Å². The van der Waals surface area contributed by atoms with Gasteiger partial charge in [-0.05, 0) is 30.9 Å². The molecular weight excluding hydrogens is 250 g/mol. The van der Waals surface area contributed by atoms with E-state index in [-0.39, 0.29) is 10.6 Å². The second-order valence-electron chi connectivity index (χ2n) is 5.08. The van der Waals surface area contributed by atoms with Crippen molar-refractivity contribution in [3.05, 3.63) is 28.8 Å². The molecule has 18 heavy (non-hydrogen) atoms. The van der Waals surface area contributed by atoms with E-state index in [0.717, 1.165) is 12.8 Å². The van der Waals surface area contributed by atoms with Gasteiger partial charge in [-0.25, -0.2) is 4.79 Å². The van der Waals surface area contributed by atoms with Crippen LogP contribution >= 0.6 is 11.6 Å². The molecule has 1 aliphatic carbocycles. The smallest absolute Gasteiger partial charge is 0.339 e. The van der Waals surface area contributed by atoms with E-state index in [1.54, 1.807) is 18.2 Å². The van der Waals surface area contributed by atoms with Gasteiger partial charge >= 0.3 is 5.97 Å². The fourth-order valence-corrected chi connectivity index (χ4v) is 2.90. The molecule has 1 aromatic rings. The highest BCUT2D eigenvalue weighted by Crippen LogP contribution is 2.29. The Morgan fingerprint density at radius 1 is 1.44 bits per heavy atom. The first-order valence-electron chi connectivity index (χ1n) is 6.36. The van der Waals surface area contributed by atoms with Crippen LogP contribution in [0.4, 0.5) is 5.69 Å². The van der Waals surface area contributed by atoms with E-state index < -0.39 is 5.97 Å². The fraction of sp³-hybridized carbons (Fsp3) is 0.500. The molecule has 2 N–H and O–H groups in total. The van der Waals surface area contributed by atoms with E-state index in [1.165, 1.54) is 12.8 Å². The molecule has 0 bridgehead atoms. The quantitative estimate of drug-likeness (QED) is 0.869. The van der Waals surface area contributed by atoms with Crippen LogP contribution in [0, 0.1) is 5.92 Å². The Morgan fingerprint density at radius 2 is 2.22 bits per heavy atom. The molecule has 0 amide bonds. The van der Waals surface area contributed by atoms with Crippen LogP contribution < -0.4 is 5.32 Å². The first kappa shape index (κ1) is 13.2. The molecule has 3 nitrogen and oxygen atoms in total. The van der Waals surface area contributed by atoms with Crippen LogP contribution in [0.5, 0.6) is 0 Å². The molecule has 0 heterocycles. The maximum Gasteiger partial charge on any atom is 0.339 e. The average molecular weight is 268 g/mol. The number of carboxylic acids is 1. The first-order valence-corrected chi connectivity index (χ1v) is 6.74. The number of benzene rings is 1. The summed E-state index contributed by atoms with van der Waals surface area (Å²) in [6, 6.07) is 5.53. The highest BCUT2D eigenvalue weighted by Gasteiger charge is 2.21. The van der Waals surface area contributed by atoms with Gasteiger partial charge in [0.05, 0.1) is 10.7 Å². The molecule has 0 aliphatic heterocycles. The van der Waals surface area contributed by atoms with Gasteiger partial charge < -0.3 is 10.4 Å². The van der Waals surface area contributed by atoms with Crippen LogP contribution in [0.3, 0.4) is 0 Å². The molecule has 98 valence electrons. The number of carbonyl (C=O) groups is 1. The minimum Gasteiger partial charge on any atom is -0.478 e. The Kier molecular flexibility index (Phi) is 4.12. The molecule has 4 heteroatoms. The van der Waals surface area contributed by atoms with E-state index >= 15 is 0 Å². The van der Waals surface area contributed by atoms with Gasteiger partial charge in [-0.1, -0.05) is 37.4 Å². The van der Waals surface area contributed by atoms with Crippen LogP contribution in [-0.2, 0) is 0 Å². The lowest BCUT2D eigenvalue weighted by molar-refractivity contribution is 0.0698. The number of halogens is 1. The number of nitrogens with one attached hydrogen (secondary N) is 1. The standard InChI is InChI=1S/C14H18ClNO2/c1-9-4-2-5-10(8-9)16-12-7-3-6-11(15)13(12)14(17)18/h3,6-7,9-10,16H,2,4-5,8H2,1H3,(H,17,18). The molecular formula is C14H18ClNO2. The van der Waals surface area contributed by atoms with Gasteiger partial charge in [0.15, 0.2) is 0 Å². The number of anilines is 1. The van der Waals surface area contributed by atoms with Crippen LogP contribution in [0.15, 0.2) is 18.2 Å².